The van der Waals surface area contributed by atoms with Gasteiger partial charge in [-0.25, -0.2) is 4.98 Å². The number of nitrogens with zero attached hydrogens (tertiary/aromatic N) is 2. The molecule has 0 amide bonds. The van der Waals surface area contributed by atoms with E-state index in [0.717, 1.165) is 0 Å². The van der Waals surface area contributed by atoms with Gasteiger partial charge in [-0.1, -0.05) is 0 Å². The second-order valence-corrected chi connectivity index (χ2v) is 3.63. The van der Waals surface area contributed by atoms with Crippen molar-refractivity contribution in [2.45, 2.75) is 13.8 Å². The van der Waals surface area contributed by atoms with E-state index >= 15 is 0 Å². The number of hydrogen-bond acceptors (Lipinski definition) is 5. The van der Waals surface area contributed by atoms with Gasteiger partial charge in [0.05, 0.1) is 12.7 Å². The van der Waals surface area contributed by atoms with E-state index in [0.29, 0.717) is 16.6 Å². The standard InChI is InChI=1S/C11H11N3O3.Sn/c1-5-7-4-12-11(17-3)14-9(7)13-10(16)8(5)6(2)15;/h4H,1-3H3,(H,12,13,14,16);. The predicted molar refractivity (Wildman–Crippen MR) is 67.2 cm³/mol. The van der Waals surface area contributed by atoms with Crippen molar-refractivity contribution in [3.05, 3.63) is 27.7 Å². The molecule has 0 bridgehead atoms. The summed E-state index contributed by atoms with van der Waals surface area (Å²) in [7, 11) is 1.44. The first-order valence-electron chi connectivity index (χ1n) is 4.99. The molecule has 2 rings (SSSR count). The summed E-state index contributed by atoms with van der Waals surface area (Å²) in [5.74, 6) is -0.276. The molecule has 0 aromatic carbocycles. The average molecular weight is 352 g/mol. The zero-order valence-electron chi connectivity index (χ0n) is 10.2. The van der Waals surface area contributed by atoms with Gasteiger partial charge >= 0.3 is 6.01 Å². The number of carbonyl (C=O) groups is 1. The van der Waals surface area contributed by atoms with E-state index in [1.807, 2.05) is 0 Å². The molecule has 0 aliphatic heterocycles. The van der Waals surface area contributed by atoms with Gasteiger partial charge in [0.2, 0.25) is 0 Å². The number of aryl methyl sites for hydroxylation is 1. The number of aromatic amines is 1. The van der Waals surface area contributed by atoms with E-state index in [4.69, 9.17) is 4.74 Å². The molecule has 92 valence electrons. The first kappa shape index (κ1) is 14.6. The molecule has 2 aromatic heterocycles. The Morgan fingerprint density at radius 1 is 1.44 bits per heavy atom. The van der Waals surface area contributed by atoms with E-state index in [2.05, 4.69) is 15.0 Å². The van der Waals surface area contributed by atoms with Crippen LogP contribution in [0.15, 0.2) is 11.0 Å². The van der Waals surface area contributed by atoms with Crippen molar-refractivity contribution in [1.82, 2.24) is 15.0 Å². The first-order valence-corrected chi connectivity index (χ1v) is 4.99. The predicted octanol–water partition coefficient (Wildman–Crippen LogP) is 0.457. The summed E-state index contributed by atoms with van der Waals surface area (Å²) in [6.07, 6.45) is 1.53. The van der Waals surface area contributed by atoms with Crippen molar-refractivity contribution in [3.8, 4) is 6.01 Å². The molecule has 4 radical (unpaired) electrons. The Labute approximate surface area is 120 Å². The summed E-state index contributed by atoms with van der Waals surface area (Å²) in [6, 6.07) is 0.170. The summed E-state index contributed by atoms with van der Waals surface area (Å²) in [4.78, 5) is 33.6. The number of Topliss-reactive ketones (excluding diaryl/α,β-unsaturated/α-hetero) is 1. The fourth-order valence-electron chi connectivity index (χ4n) is 1.73. The Balaban J connectivity index is 0.00000162. The molecule has 0 saturated heterocycles. The zero-order valence-corrected chi connectivity index (χ0v) is 13.1. The minimum atomic E-state index is -0.441. The van der Waals surface area contributed by atoms with E-state index in [1.165, 1.54) is 20.2 Å². The topological polar surface area (TPSA) is 84.9 Å². The van der Waals surface area contributed by atoms with Gasteiger partial charge in [0.1, 0.15) is 5.65 Å². The largest absolute Gasteiger partial charge is 0.467 e. The number of fused-ring (bicyclic) bond motifs is 1. The van der Waals surface area contributed by atoms with Crippen LogP contribution < -0.4 is 10.3 Å². The SMILES string of the molecule is COc1ncc2c(C)c(C(C)=O)c(=O)[nH]c2n1.[Sn]. The molecule has 0 aliphatic rings. The molecule has 0 spiro atoms. The average Bonchev–Trinajstić information content (AvgIpc) is 2.27. The summed E-state index contributed by atoms with van der Waals surface area (Å²) in [5.41, 5.74) is 0.651. The van der Waals surface area contributed by atoms with Crippen molar-refractivity contribution in [2.24, 2.45) is 0 Å². The number of methoxy groups -OCH3 is 1. The van der Waals surface area contributed by atoms with Gasteiger partial charge in [0.15, 0.2) is 5.78 Å². The van der Waals surface area contributed by atoms with Gasteiger partial charge in [-0.05, 0) is 19.4 Å². The summed E-state index contributed by atoms with van der Waals surface area (Å²) in [6.45, 7) is 3.05. The Hall–Kier alpha value is -1.44. The smallest absolute Gasteiger partial charge is 0.318 e. The number of carbonyl (C=O) groups excluding carboxylic acids is 1. The van der Waals surface area contributed by atoms with Crippen LogP contribution >= 0.6 is 0 Å². The van der Waals surface area contributed by atoms with Crippen LogP contribution in [0.2, 0.25) is 0 Å². The van der Waals surface area contributed by atoms with Gasteiger partial charge in [-0.2, -0.15) is 4.98 Å². The molecule has 2 heterocycles. The van der Waals surface area contributed by atoms with Crippen LogP contribution in [0.5, 0.6) is 6.01 Å². The van der Waals surface area contributed by atoms with E-state index in [1.54, 1.807) is 6.92 Å². The van der Waals surface area contributed by atoms with E-state index < -0.39 is 5.56 Å². The zero-order chi connectivity index (χ0) is 12.6. The summed E-state index contributed by atoms with van der Waals surface area (Å²) in [5, 5.41) is 0.635. The number of aromatic nitrogens is 3. The fourth-order valence-corrected chi connectivity index (χ4v) is 1.73. The van der Waals surface area contributed by atoms with Crippen molar-refractivity contribution >= 4 is 40.7 Å². The van der Waals surface area contributed by atoms with Crippen LogP contribution in [0.4, 0.5) is 0 Å². The summed E-state index contributed by atoms with van der Waals surface area (Å²) >= 11 is 0. The third-order valence-corrected chi connectivity index (χ3v) is 2.54. The first-order chi connectivity index (χ1) is 8.04. The molecule has 0 saturated carbocycles. The van der Waals surface area contributed by atoms with Crippen LogP contribution in [-0.4, -0.2) is 51.8 Å². The Morgan fingerprint density at radius 2 is 2.11 bits per heavy atom. The quantitative estimate of drug-likeness (QED) is 0.627. The molecular weight excluding hydrogens is 341 g/mol. The maximum absolute atomic E-state index is 11.7. The second kappa shape index (κ2) is 5.47. The minimum Gasteiger partial charge on any atom is -0.467 e. The number of ether oxygens (including phenoxy) is 1. The minimum absolute atomic E-state index is 0. The van der Waals surface area contributed by atoms with Crippen LogP contribution in [0.25, 0.3) is 11.0 Å². The van der Waals surface area contributed by atoms with Crippen LogP contribution in [0, 0.1) is 6.92 Å². The molecule has 6 nitrogen and oxygen atoms in total. The molecule has 0 unspecified atom stereocenters. The number of hydrogen-bond donors (Lipinski definition) is 1. The molecular formula is C11H11N3O3Sn. The maximum Gasteiger partial charge on any atom is 0.318 e. The van der Waals surface area contributed by atoms with Crippen LogP contribution in [-0.2, 0) is 0 Å². The number of pyridine rings is 1. The van der Waals surface area contributed by atoms with E-state index in [-0.39, 0.29) is 41.3 Å². The van der Waals surface area contributed by atoms with E-state index in [9.17, 15) is 9.59 Å². The summed E-state index contributed by atoms with van der Waals surface area (Å²) < 4.78 is 4.87. The number of ketones is 1. The molecule has 2 aromatic rings. The molecule has 0 atom stereocenters. The number of nitrogens with one attached hydrogen (secondary N) is 1. The van der Waals surface area contributed by atoms with Crippen LogP contribution in [0.1, 0.15) is 22.8 Å². The fraction of sp³-hybridized carbons (Fsp3) is 0.273. The third-order valence-electron chi connectivity index (χ3n) is 2.54. The molecule has 1 N–H and O–H groups in total. The Morgan fingerprint density at radius 3 is 2.67 bits per heavy atom. The third kappa shape index (κ3) is 2.38. The number of H-pyrrole nitrogens is 1. The van der Waals surface area contributed by atoms with Crippen molar-refractivity contribution in [3.63, 3.8) is 0 Å². The number of rotatable bonds is 2. The molecule has 0 fully saturated rings. The molecule has 18 heavy (non-hydrogen) atoms. The van der Waals surface area contributed by atoms with Gasteiger partial charge in [0, 0.05) is 35.5 Å². The molecule has 7 heteroatoms. The van der Waals surface area contributed by atoms with Crippen LogP contribution in [0.3, 0.4) is 0 Å². The Bertz CT molecular complexity index is 666. The van der Waals surface area contributed by atoms with Gasteiger partial charge in [0.25, 0.3) is 5.56 Å². The Kier molecular flexibility index (Phi) is 4.44. The van der Waals surface area contributed by atoms with Crippen molar-refractivity contribution < 1.29 is 9.53 Å². The monoisotopic (exact) mass is 353 g/mol. The second-order valence-electron chi connectivity index (χ2n) is 3.63. The normalized spacial score (nSPS) is 9.94. The maximum atomic E-state index is 11.7. The van der Waals surface area contributed by atoms with Gasteiger partial charge in [-0.3, -0.25) is 9.59 Å². The molecule has 0 aliphatic carbocycles. The van der Waals surface area contributed by atoms with Crippen molar-refractivity contribution in [2.75, 3.05) is 7.11 Å². The van der Waals surface area contributed by atoms with Gasteiger partial charge in [-0.15, -0.1) is 0 Å². The van der Waals surface area contributed by atoms with Gasteiger partial charge < -0.3 is 9.72 Å². The van der Waals surface area contributed by atoms with Crippen molar-refractivity contribution in [1.29, 1.82) is 0 Å².